The van der Waals surface area contributed by atoms with Crippen LogP contribution in [0.4, 0.5) is 8.78 Å². The molecule has 6 N–H and O–H groups in total. The number of halogens is 2. The van der Waals surface area contributed by atoms with E-state index in [2.05, 4.69) is 0 Å². The maximum Gasteiger partial charge on any atom is 0.126 e. The molecular formula is C23H30F2O6. The van der Waals surface area contributed by atoms with Crippen LogP contribution in [0.25, 0.3) is 0 Å². The van der Waals surface area contributed by atoms with E-state index in [0.29, 0.717) is 6.42 Å². The second kappa shape index (κ2) is 10.6. The summed E-state index contributed by atoms with van der Waals surface area (Å²) < 4.78 is 28.5. The van der Waals surface area contributed by atoms with Gasteiger partial charge < -0.3 is 30.6 Å². The van der Waals surface area contributed by atoms with Crippen molar-refractivity contribution in [2.45, 2.75) is 62.1 Å². The minimum Gasteiger partial charge on any atom is -0.394 e. The zero-order valence-corrected chi connectivity index (χ0v) is 17.3. The van der Waals surface area contributed by atoms with Crippen LogP contribution in [-0.4, -0.2) is 66.8 Å². The van der Waals surface area contributed by atoms with E-state index < -0.39 is 60.6 Å². The molecule has 0 aliphatic carbocycles. The first-order valence-corrected chi connectivity index (χ1v) is 10.2. The van der Waals surface area contributed by atoms with Crippen LogP contribution < -0.4 is 0 Å². The molecule has 0 aliphatic heterocycles. The summed E-state index contributed by atoms with van der Waals surface area (Å²) in [5.74, 6) is -1.36. The zero-order chi connectivity index (χ0) is 23.2. The van der Waals surface area contributed by atoms with E-state index in [1.54, 1.807) is 13.0 Å². The number of hydrogen-bond donors (Lipinski definition) is 6. The van der Waals surface area contributed by atoms with E-state index in [0.717, 1.165) is 6.07 Å². The molecule has 2 aromatic carbocycles. The van der Waals surface area contributed by atoms with Gasteiger partial charge in [-0.15, -0.1) is 0 Å². The van der Waals surface area contributed by atoms with E-state index in [1.165, 1.54) is 36.4 Å². The normalized spacial score (nSPS) is 18.6. The fourth-order valence-electron chi connectivity index (χ4n) is 3.93. The van der Waals surface area contributed by atoms with E-state index in [1.807, 2.05) is 0 Å². The molecule has 0 amide bonds. The summed E-state index contributed by atoms with van der Waals surface area (Å²) in [4.78, 5) is 0. The molecular weight excluding hydrogens is 410 g/mol. The zero-order valence-electron chi connectivity index (χ0n) is 17.3. The Morgan fingerprint density at radius 2 is 1.32 bits per heavy atom. The van der Waals surface area contributed by atoms with Gasteiger partial charge in [0.25, 0.3) is 0 Å². The Bertz CT molecular complexity index is 850. The lowest BCUT2D eigenvalue weighted by molar-refractivity contribution is -0.230. The van der Waals surface area contributed by atoms with Gasteiger partial charge in [0.1, 0.15) is 35.5 Å². The lowest BCUT2D eigenvalue weighted by atomic mass is 9.71. The Labute approximate surface area is 180 Å². The van der Waals surface area contributed by atoms with Crippen molar-refractivity contribution < 1.29 is 39.4 Å². The smallest absolute Gasteiger partial charge is 0.126 e. The topological polar surface area (TPSA) is 121 Å². The Morgan fingerprint density at radius 3 is 1.77 bits per heavy atom. The standard InChI is InChI=1S/C23H30F2O6/c1-2-11-22(30,12-15-7-3-5-9-17(15)24)21(29)23(31,20(28)19(27)14-26)13-16-8-4-6-10-18(16)25/h3-10,19-21,26-31H,2,11-14H2,1H3/t19-,20+,21+,22?,23+/m0/s1. The SMILES string of the molecule is CCCC(O)(Cc1ccccc1F)[C@@H](O)[C@@](O)(Cc1ccccc1F)[C@H](O)[C@@H](O)CO. The third-order valence-electron chi connectivity index (χ3n) is 5.61. The molecule has 0 radical (unpaired) electrons. The summed E-state index contributed by atoms with van der Waals surface area (Å²) in [7, 11) is 0. The third-order valence-corrected chi connectivity index (χ3v) is 5.61. The average Bonchev–Trinajstić information content (AvgIpc) is 2.75. The molecule has 1 unspecified atom stereocenters. The number of aliphatic hydroxyl groups is 6. The molecule has 0 spiro atoms. The highest BCUT2D eigenvalue weighted by Gasteiger charge is 2.54. The lowest BCUT2D eigenvalue weighted by Gasteiger charge is -2.46. The highest BCUT2D eigenvalue weighted by Crippen LogP contribution is 2.35. The van der Waals surface area contributed by atoms with Crippen molar-refractivity contribution >= 4 is 0 Å². The van der Waals surface area contributed by atoms with Gasteiger partial charge in [-0.25, -0.2) is 8.78 Å². The second-order valence-electron chi connectivity index (χ2n) is 7.98. The van der Waals surface area contributed by atoms with Gasteiger partial charge in [-0.2, -0.15) is 0 Å². The molecule has 2 aromatic rings. The predicted molar refractivity (Wildman–Crippen MR) is 110 cm³/mol. The molecule has 8 heteroatoms. The van der Waals surface area contributed by atoms with Crippen LogP contribution in [-0.2, 0) is 12.8 Å². The Morgan fingerprint density at radius 1 is 0.839 bits per heavy atom. The van der Waals surface area contributed by atoms with Crippen LogP contribution in [0.15, 0.2) is 48.5 Å². The van der Waals surface area contributed by atoms with Gasteiger partial charge in [0.2, 0.25) is 0 Å². The number of hydrogen-bond acceptors (Lipinski definition) is 6. The first kappa shape index (κ1) is 25.3. The summed E-state index contributed by atoms with van der Waals surface area (Å²) in [6.45, 7) is 0.751. The van der Waals surface area contributed by atoms with E-state index in [4.69, 9.17) is 0 Å². The van der Waals surface area contributed by atoms with Crippen molar-refractivity contribution in [2.75, 3.05) is 6.61 Å². The maximum atomic E-state index is 14.3. The van der Waals surface area contributed by atoms with Gasteiger partial charge in [-0.3, -0.25) is 0 Å². The molecule has 0 saturated heterocycles. The number of benzene rings is 2. The summed E-state index contributed by atoms with van der Waals surface area (Å²) in [6, 6.07) is 10.9. The van der Waals surface area contributed by atoms with Crippen molar-refractivity contribution in [3.8, 4) is 0 Å². The summed E-state index contributed by atoms with van der Waals surface area (Å²) >= 11 is 0. The van der Waals surface area contributed by atoms with Gasteiger partial charge in [-0.1, -0.05) is 49.7 Å². The van der Waals surface area contributed by atoms with Crippen LogP contribution in [0.2, 0.25) is 0 Å². The monoisotopic (exact) mass is 440 g/mol. The molecule has 0 fully saturated rings. The molecule has 31 heavy (non-hydrogen) atoms. The van der Waals surface area contributed by atoms with Gasteiger partial charge >= 0.3 is 0 Å². The average molecular weight is 440 g/mol. The fraction of sp³-hybridized carbons (Fsp3) is 0.478. The van der Waals surface area contributed by atoms with Crippen molar-refractivity contribution in [3.63, 3.8) is 0 Å². The largest absolute Gasteiger partial charge is 0.394 e. The summed E-state index contributed by atoms with van der Waals surface area (Å²) in [6.07, 6.45) is -7.00. The van der Waals surface area contributed by atoms with Crippen LogP contribution in [0, 0.1) is 11.6 Å². The fourth-order valence-corrected chi connectivity index (χ4v) is 3.93. The van der Waals surface area contributed by atoms with Crippen LogP contribution in [0.3, 0.4) is 0 Å². The first-order chi connectivity index (χ1) is 14.6. The lowest BCUT2D eigenvalue weighted by Crippen LogP contribution is -2.66. The third kappa shape index (κ3) is 5.65. The van der Waals surface area contributed by atoms with E-state index >= 15 is 0 Å². The Hall–Kier alpha value is -1.94. The van der Waals surface area contributed by atoms with Crippen molar-refractivity contribution in [1.29, 1.82) is 0 Å². The van der Waals surface area contributed by atoms with Gasteiger partial charge in [0.15, 0.2) is 0 Å². The van der Waals surface area contributed by atoms with Crippen molar-refractivity contribution in [1.82, 2.24) is 0 Å². The Kier molecular flexibility index (Phi) is 8.65. The summed E-state index contributed by atoms with van der Waals surface area (Å²) in [5, 5.41) is 63.6. The van der Waals surface area contributed by atoms with Gasteiger partial charge in [0.05, 0.1) is 12.2 Å². The summed E-state index contributed by atoms with van der Waals surface area (Å²) in [5.41, 5.74) is -4.81. The predicted octanol–water partition coefficient (Wildman–Crippen LogP) is 1.09. The van der Waals surface area contributed by atoms with E-state index in [-0.39, 0.29) is 17.5 Å². The molecule has 5 atom stereocenters. The second-order valence-corrected chi connectivity index (χ2v) is 7.98. The highest BCUT2D eigenvalue weighted by molar-refractivity contribution is 5.24. The first-order valence-electron chi connectivity index (χ1n) is 10.2. The quantitative estimate of drug-likeness (QED) is 0.311. The highest BCUT2D eigenvalue weighted by atomic mass is 19.1. The Balaban J connectivity index is 2.52. The van der Waals surface area contributed by atoms with Gasteiger partial charge in [-0.05, 0) is 29.7 Å². The molecule has 0 aliphatic rings. The molecule has 0 bridgehead atoms. The maximum absolute atomic E-state index is 14.3. The molecule has 0 aromatic heterocycles. The van der Waals surface area contributed by atoms with Gasteiger partial charge in [0, 0.05) is 12.8 Å². The minimum absolute atomic E-state index is 0.0722. The molecule has 0 saturated carbocycles. The molecule has 0 heterocycles. The minimum atomic E-state index is -2.67. The van der Waals surface area contributed by atoms with Crippen LogP contribution >= 0.6 is 0 Å². The van der Waals surface area contributed by atoms with Crippen molar-refractivity contribution in [2.24, 2.45) is 0 Å². The number of rotatable bonds is 11. The van der Waals surface area contributed by atoms with Crippen LogP contribution in [0.5, 0.6) is 0 Å². The molecule has 6 nitrogen and oxygen atoms in total. The molecule has 172 valence electrons. The number of aliphatic hydroxyl groups excluding tert-OH is 4. The van der Waals surface area contributed by atoms with Crippen LogP contribution in [0.1, 0.15) is 30.9 Å². The molecule has 2 rings (SSSR count). The van der Waals surface area contributed by atoms with E-state index in [9.17, 15) is 39.4 Å². The van der Waals surface area contributed by atoms with Crippen molar-refractivity contribution in [3.05, 3.63) is 71.3 Å².